The highest BCUT2D eigenvalue weighted by molar-refractivity contribution is 5.69. The highest BCUT2D eigenvalue weighted by atomic mass is 19.4. The minimum atomic E-state index is -4.36. The van der Waals surface area contributed by atoms with Crippen molar-refractivity contribution in [2.75, 3.05) is 7.11 Å². The maximum Gasteiger partial charge on any atom is 0.416 e. The van der Waals surface area contributed by atoms with Crippen molar-refractivity contribution in [3.8, 4) is 17.0 Å². The van der Waals surface area contributed by atoms with Crippen molar-refractivity contribution in [2.24, 2.45) is 0 Å². The van der Waals surface area contributed by atoms with Crippen molar-refractivity contribution in [3.05, 3.63) is 48.2 Å². The van der Waals surface area contributed by atoms with Gasteiger partial charge in [0.05, 0.1) is 12.7 Å². The summed E-state index contributed by atoms with van der Waals surface area (Å²) in [6.45, 7) is 0. The summed E-state index contributed by atoms with van der Waals surface area (Å²) in [7, 11) is 1.43. The summed E-state index contributed by atoms with van der Waals surface area (Å²) >= 11 is 0. The van der Waals surface area contributed by atoms with Crippen molar-refractivity contribution < 1.29 is 17.9 Å². The third-order valence-corrected chi connectivity index (χ3v) is 2.47. The summed E-state index contributed by atoms with van der Waals surface area (Å²) in [6.07, 6.45) is -2.83. The van der Waals surface area contributed by atoms with E-state index >= 15 is 0 Å². The van der Waals surface area contributed by atoms with Crippen molar-refractivity contribution in [3.63, 3.8) is 0 Å². The minimum Gasteiger partial charge on any atom is -0.481 e. The van der Waals surface area contributed by atoms with E-state index in [4.69, 9.17) is 4.74 Å². The molecule has 0 atom stereocenters. The van der Waals surface area contributed by atoms with Crippen LogP contribution in [-0.2, 0) is 6.18 Å². The Morgan fingerprint density at radius 3 is 2.56 bits per heavy atom. The van der Waals surface area contributed by atoms with Crippen LogP contribution in [0.2, 0.25) is 0 Å². The van der Waals surface area contributed by atoms with E-state index in [1.54, 1.807) is 18.2 Å². The van der Waals surface area contributed by atoms with Gasteiger partial charge in [-0.05, 0) is 29.8 Å². The Morgan fingerprint density at radius 2 is 1.89 bits per heavy atom. The lowest BCUT2D eigenvalue weighted by molar-refractivity contribution is -0.137. The highest BCUT2D eigenvalue weighted by Crippen LogP contribution is 2.34. The van der Waals surface area contributed by atoms with Crippen LogP contribution in [0.5, 0.6) is 5.88 Å². The van der Waals surface area contributed by atoms with E-state index in [0.717, 1.165) is 12.1 Å². The number of rotatable bonds is 2. The summed E-state index contributed by atoms with van der Waals surface area (Å²) < 4.78 is 42.9. The molecule has 2 nitrogen and oxygen atoms in total. The zero-order valence-corrected chi connectivity index (χ0v) is 9.53. The number of hydrogen-bond acceptors (Lipinski definition) is 2. The SMILES string of the molecule is COc1ncccc1-c1cccc(C(F)(F)F)c1. The van der Waals surface area contributed by atoms with Gasteiger partial charge in [-0.1, -0.05) is 12.1 Å². The zero-order chi connectivity index (χ0) is 13.2. The first-order chi connectivity index (χ1) is 8.52. The lowest BCUT2D eigenvalue weighted by Crippen LogP contribution is -2.04. The van der Waals surface area contributed by atoms with E-state index in [0.29, 0.717) is 17.0 Å². The number of pyridine rings is 1. The Hall–Kier alpha value is -2.04. The summed E-state index contributed by atoms with van der Waals surface area (Å²) in [6, 6.07) is 8.39. The molecule has 2 rings (SSSR count). The molecule has 0 radical (unpaired) electrons. The van der Waals surface area contributed by atoms with Crippen LogP contribution in [-0.4, -0.2) is 12.1 Å². The molecule has 0 spiro atoms. The molecule has 94 valence electrons. The van der Waals surface area contributed by atoms with E-state index < -0.39 is 11.7 Å². The van der Waals surface area contributed by atoms with Crippen LogP contribution in [0.3, 0.4) is 0 Å². The molecule has 0 N–H and O–H groups in total. The second kappa shape index (κ2) is 4.68. The van der Waals surface area contributed by atoms with Crippen LogP contribution in [0.1, 0.15) is 5.56 Å². The maximum absolute atomic E-state index is 12.6. The average molecular weight is 253 g/mol. The fourth-order valence-corrected chi connectivity index (χ4v) is 1.64. The van der Waals surface area contributed by atoms with Crippen molar-refractivity contribution in [1.82, 2.24) is 4.98 Å². The van der Waals surface area contributed by atoms with Gasteiger partial charge in [0.2, 0.25) is 5.88 Å². The van der Waals surface area contributed by atoms with Gasteiger partial charge in [0.25, 0.3) is 0 Å². The second-order valence-corrected chi connectivity index (χ2v) is 3.64. The number of alkyl halides is 3. The summed E-state index contributed by atoms with van der Waals surface area (Å²) in [5.41, 5.74) is 0.270. The zero-order valence-electron chi connectivity index (χ0n) is 9.53. The van der Waals surface area contributed by atoms with Crippen molar-refractivity contribution in [1.29, 1.82) is 0 Å². The van der Waals surface area contributed by atoms with Crippen LogP contribution in [0, 0.1) is 0 Å². The van der Waals surface area contributed by atoms with E-state index in [9.17, 15) is 13.2 Å². The van der Waals surface area contributed by atoms with Crippen molar-refractivity contribution in [2.45, 2.75) is 6.18 Å². The molecule has 1 heterocycles. The Morgan fingerprint density at radius 1 is 1.11 bits per heavy atom. The van der Waals surface area contributed by atoms with E-state index in [1.165, 1.54) is 19.4 Å². The number of halogens is 3. The van der Waals surface area contributed by atoms with Gasteiger partial charge < -0.3 is 4.74 Å². The van der Waals surface area contributed by atoms with Gasteiger partial charge in [-0.15, -0.1) is 0 Å². The highest BCUT2D eigenvalue weighted by Gasteiger charge is 2.30. The molecule has 18 heavy (non-hydrogen) atoms. The van der Waals surface area contributed by atoms with Crippen LogP contribution in [0.4, 0.5) is 13.2 Å². The van der Waals surface area contributed by atoms with Gasteiger partial charge in [-0.25, -0.2) is 4.98 Å². The summed E-state index contributed by atoms with van der Waals surface area (Å²) in [5, 5.41) is 0. The first kappa shape index (κ1) is 12.4. The molecule has 5 heteroatoms. The molecule has 0 aliphatic rings. The third kappa shape index (κ3) is 2.45. The summed E-state index contributed by atoms with van der Waals surface area (Å²) in [5.74, 6) is 0.303. The molecule has 0 fully saturated rings. The molecule has 0 saturated carbocycles. The third-order valence-electron chi connectivity index (χ3n) is 2.47. The molecule has 0 aliphatic carbocycles. The second-order valence-electron chi connectivity index (χ2n) is 3.64. The number of methoxy groups -OCH3 is 1. The van der Waals surface area contributed by atoms with Crippen LogP contribution < -0.4 is 4.74 Å². The first-order valence-corrected chi connectivity index (χ1v) is 5.19. The molecule has 0 saturated heterocycles. The molecule has 1 aromatic heterocycles. The smallest absolute Gasteiger partial charge is 0.416 e. The van der Waals surface area contributed by atoms with Gasteiger partial charge in [0.15, 0.2) is 0 Å². The molecule has 0 aliphatic heterocycles. The predicted octanol–water partition coefficient (Wildman–Crippen LogP) is 3.78. The Balaban J connectivity index is 2.51. The molecular formula is C13H10F3NO. The number of nitrogens with zero attached hydrogens (tertiary/aromatic N) is 1. The molecule has 0 unspecified atom stereocenters. The number of hydrogen-bond donors (Lipinski definition) is 0. The first-order valence-electron chi connectivity index (χ1n) is 5.19. The van der Waals surface area contributed by atoms with Crippen LogP contribution >= 0.6 is 0 Å². The number of ether oxygens (including phenoxy) is 1. The Bertz CT molecular complexity index is 552. The number of aromatic nitrogens is 1. The lowest BCUT2D eigenvalue weighted by atomic mass is 10.0. The minimum absolute atomic E-state index is 0.303. The van der Waals surface area contributed by atoms with E-state index in [-0.39, 0.29) is 0 Å². The van der Waals surface area contributed by atoms with E-state index in [1.807, 2.05) is 0 Å². The van der Waals surface area contributed by atoms with Gasteiger partial charge in [0, 0.05) is 11.8 Å². The van der Waals surface area contributed by atoms with Gasteiger partial charge in [-0.3, -0.25) is 0 Å². The fraction of sp³-hybridized carbons (Fsp3) is 0.154. The monoisotopic (exact) mass is 253 g/mol. The normalized spacial score (nSPS) is 11.3. The predicted molar refractivity (Wildman–Crippen MR) is 61.2 cm³/mol. The van der Waals surface area contributed by atoms with Gasteiger partial charge >= 0.3 is 6.18 Å². The molecule has 0 bridgehead atoms. The lowest BCUT2D eigenvalue weighted by Gasteiger charge is -2.10. The molecule has 1 aromatic carbocycles. The molecule has 2 aromatic rings. The van der Waals surface area contributed by atoms with Crippen molar-refractivity contribution >= 4 is 0 Å². The fourth-order valence-electron chi connectivity index (χ4n) is 1.64. The number of benzene rings is 1. The van der Waals surface area contributed by atoms with Crippen LogP contribution in [0.25, 0.3) is 11.1 Å². The standard InChI is InChI=1S/C13H10F3NO/c1-18-12-11(6-3-7-17-12)9-4-2-5-10(8-9)13(14,15)16/h2-8H,1H3. The molecular weight excluding hydrogens is 243 g/mol. The topological polar surface area (TPSA) is 22.1 Å². The average Bonchev–Trinajstić information content (AvgIpc) is 2.38. The van der Waals surface area contributed by atoms with Gasteiger partial charge in [0.1, 0.15) is 0 Å². The Labute approximate surface area is 102 Å². The maximum atomic E-state index is 12.6. The van der Waals surface area contributed by atoms with Crippen LogP contribution in [0.15, 0.2) is 42.6 Å². The quantitative estimate of drug-likeness (QED) is 0.812. The summed E-state index contributed by atoms with van der Waals surface area (Å²) in [4.78, 5) is 3.96. The van der Waals surface area contributed by atoms with Gasteiger partial charge in [-0.2, -0.15) is 13.2 Å². The largest absolute Gasteiger partial charge is 0.481 e. The van der Waals surface area contributed by atoms with E-state index in [2.05, 4.69) is 4.98 Å². The molecule has 0 amide bonds. The Kier molecular flexibility index (Phi) is 3.23.